The van der Waals surface area contributed by atoms with Gasteiger partial charge in [-0.2, -0.15) is 0 Å². The van der Waals surface area contributed by atoms with E-state index in [4.69, 9.17) is 10.5 Å². The van der Waals surface area contributed by atoms with Crippen LogP contribution in [0.2, 0.25) is 0 Å². The van der Waals surface area contributed by atoms with Gasteiger partial charge >= 0.3 is 5.97 Å². The third-order valence-corrected chi connectivity index (χ3v) is 2.60. The summed E-state index contributed by atoms with van der Waals surface area (Å²) in [5.41, 5.74) is 6.78. The molecule has 0 unspecified atom stereocenters. The molecule has 1 aromatic rings. The molecule has 0 aliphatic heterocycles. The lowest BCUT2D eigenvalue weighted by atomic mass is 10.1. The van der Waals surface area contributed by atoms with Gasteiger partial charge in [0.1, 0.15) is 0 Å². The summed E-state index contributed by atoms with van der Waals surface area (Å²) in [5.74, 6) is -0.589. The molecule has 19 heavy (non-hydrogen) atoms. The Morgan fingerprint density at radius 3 is 2.42 bits per heavy atom. The zero-order chi connectivity index (χ0) is 14.3. The number of rotatable bonds is 6. The number of ether oxygens (including phenoxy) is 1. The van der Waals surface area contributed by atoms with Crippen LogP contribution in [0.4, 0.5) is 5.69 Å². The fourth-order valence-corrected chi connectivity index (χ4v) is 1.58. The Labute approximate surface area is 113 Å². The highest BCUT2D eigenvalue weighted by atomic mass is 16.5. The molecular formula is C14H20N2O3. The molecule has 0 heterocycles. The number of anilines is 1. The van der Waals surface area contributed by atoms with Crippen LogP contribution in [0.5, 0.6) is 0 Å². The zero-order valence-electron chi connectivity index (χ0n) is 11.3. The molecule has 0 saturated carbocycles. The number of hydrogen-bond acceptors (Lipinski definition) is 4. The highest BCUT2D eigenvalue weighted by Gasteiger charge is 2.12. The van der Waals surface area contributed by atoms with Crippen LogP contribution in [-0.4, -0.2) is 24.5 Å². The van der Waals surface area contributed by atoms with E-state index >= 15 is 0 Å². The van der Waals surface area contributed by atoms with E-state index in [-0.39, 0.29) is 11.9 Å². The standard InChI is InChI=1S/C14H20N2O3/c1-3-5-12(15)13(17)16-11-8-6-10(7-9-11)14(18)19-4-2/h6-9,12H,3-5,15H2,1-2H3,(H,16,17)/t12-/m0/s1. The largest absolute Gasteiger partial charge is 0.462 e. The first-order chi connectivity index (χ1) is 9.08. The predicted octanol–water partition coefficient (Wildman–Crippen LogP) is 1.93. The van der Waals surface area contributed by atoms with E-state index in [1.165, 1.54) is 0 Å². The number of carbonyl (C=O) groups is 2. The van der Waals surface area contributed by atoms with Gasteiger partial charge in [-0.15, -0.1) is 0 Å². The minimum Gasteiger partial charge on any atom is -0.462 e. The van der Waals surface area contributed by atoms with Gasteiger partial charge in [0, 0.05) is 5.69 Å². The SMILES string of the molecule is CCC[C@H](N)C(=O)Nc1ccc(C(=O)OCC)cc1. The molecule has 0 spiro atoms. The topological polar surface area (TPSA) is 81.4 Å². The molecule has 1 rings (SSSR count). The lowest BCUT2D eigenvalue weighted by molar-refractivity contribution is -0.117. The van der Waals surface area contributed by atoms with Gasteiger partial charge in [-0.3, -0.25) is 4.79 Å². The van der Waals surface area contributed by atoms with Gasteiger partial charge < -0.3 is 15.8 Å². The Kier molecular flexibility index (Phi) is 6.02. The number of nitrogens with two attached hydrogens (primary N) is 1. The molecule has 0 aliphatic rings. The Morgan fingerprint density at radius 1 is 1.26 bits per heavy atom. The van der Waals surface area contributed by atoms with Crippen LogP contribution in [0, 0.1) is 0 Å². The molecule has 0 aromatic heterocycles. The fourth-order valence-electron chi connectivity index (χ4n) is 1.58. The van der Waals surface area contributed by atoms with Crippen LogP contribution in [0.3, 0.4) is 0 Å². The van der Waals surface area contributed by atoms with Crippen molar-refractivity contribution in [1.29, 1.82) is 0 Å². The minimum atomic E-state index is -0.505. The van der Waals surface area contributed by atoms with Gasteiger partial charge in [-0.05, 0) is 37.6 Å². The number of carbonyl (C=O) groups excluding carboxylic acids is 2. The van der Waals surface area contributed by atoms with Gasteiger partial charge in [-0.25, -0.2) is 4.79 Å². The number of nitrogens with one attached hydrogen (secondary N) is 1. The molecule has 5 heteroatoms. The van der Waals surface area contributed by atoms with E-state index in [1.54, 1.807) is 31.2 Å². The summed E-state index contributed by atoms with van der Waals surface area (Å²) in [5, 5.41) is 2.71. The quantitative estimate of drug-likeness (QED) is 0.769. The minimum absolute atomic E-state index is 0.217. The van der Waals surface area contributed by atoms with Gasteiger partial charge in [0.15, 0.2) is 0 Å². The highest BCUT2D eigenvalue weighted by molar-refractivity contribution is 5.95. The third kappa shape index (κ3) is 4.71. The number of hydrogen-bond donors (Lipinski definition) is 2. The average molecular weight is 264 g/mol. The second-order valence-electron chi connectivity index (χ2n) is 4.18. The smallest absolute Gasteiger partial charge is 0.338 e. The van der Waals surface area contributed by atoms with Gasteiger partial charge in [0.05, 0.1) is 18.2 Å². The predicted molar refractivity (Wildman–Crippen MR) is 73.9 cm³/mol. The second-order valence-corrected chi connectivity index (χ2v) is 4.18. The average Bonchev–Trinajstić information content (AvgIpc) is 2.40. The van der Waals surface area contributed by atoms with Crippen molar-refractivity contribution in [2.24, 2.45) is 5.73 Å². The van der Waals surface area contributed by atoms with E-state index in [0.717, 1.165) is 6.42 Å². The summed E-state index contributed by atoms with van der Waals surface area (Å²) < 4.78 is 4.87. The van der Waals surface area contributed by atoms with E-state index in [2.05, 4.69) is 5.32 Å². The Bertz CT molecular complexity index is 429. The van der Waals surface area contributed by atoms with Crippen LogP contribution < -0.4 is 11.1 Å². The molecular weight excluding hydrogens is 244 g/mol. The maximum absolute atomic E-state index is 11.7. The third-order valence-electron chi connectivity index (χ3n) is 2.60. The fraction of sp³-hybridized carbons (Fsp3) is 0.429. The van der Waals surface area contributed by atoms with Crippen LogP contribution in [0.25, 0.3) is 0 Å². The molecule has 0 aliphatic carbocycles. The van der Waals surface area contributed by atoms with Crippen molar-refractivity contribution in [3.05, 3.63) is 29.8 Å². The normalized spacial score (nSPS) is 11.7. The number of esters is 1. The number of benzene rings is 1. The Balaban J connectivity index is 2.62. The first kappa shape index (κ1) is 15.2. The first-order valence-corrected chi connectivity index (χ1v) is 6.42. The Morgan fingerprint density at radius 2 is 1.89 bits per heavy atom. The van der Waals surface area contributed by atoms with Gasteiger partial charge in [0.25, 0.3) is 0 Å². The molecule has 1 aromatic carbocycles. The summed E-state index contributed by atoms with van der Waals surface area (Å²) in [6, 6.07) is 6.03. The zero-order valence-corrected chi connectivity index (χ0v) is 11.3. The first-order valence-electron chi connectivity index (χ1n) is 6.42. The molecule has 1 atom stereocenters. The Hall–Kier alpha value is -1.88. The van der Waals surface area contributed by atoms with Gasteiger partial charge in [0.2, 0.25) is 5.91 Å². The van der Waals surface area contributed by atoms with Crippen molar-refractivity contribution in [3.63, 3.8) is 0 Å². The lowest BCUT2D eigenvalue weighted by Gasteiger charge is -2.11. The van der Waals surface area contributed by atoms with E-state index in [9.17, 15) is 9.59 Å². The summed E-state index contributed by atoms with van der Waals surface area (Å²) in [7, 11) is 0. The molecule has 0 radical (unpaired) electrons. The summed E-state index contributed by atoms with van der Waals surface area (Å²) >= 11 is 0. The maximum Gasteiger partial charge on any atom is 0.338 e. The summed E-state index contributed by atoms with van der Waals surface area (Å²) in [4.78, 5) is 23.1. The van der Waals surface area contributed by atoms with Crippen molar-refractivity contribution in [2.45, 2.75) is 32.7 Å². The van der Waals surface area contributed by atoms with Crippen molar-refractivity contribution < 1.29 is 14.3 Å². The molecule has 3 N–H and O–H groups in total. The lowest BCUT2D eigenvalue weighted by Crippen LogP contribution is -2.35. The van der Waals surface area contributed by atoms with E-state index < -0.39 is 6.04 Å². The highest BCUT2D eigenvalue weighted by Crippen LogP contribution is 2.11. The summed E-state index contributed by atoms with van der Waals surface area (Å²) in [6.07, 6.45) is 1.50. The molecule has 0 fully saturated rings. The van der Waals surface area contributed by atoms with E-state index in [0.29, 0.717) is 24.3 Å². The maximum atomic E-state index is 11.7. The molecule has 0 bridgehead atoms. The van der Waals surface area contributed by atoms with Crippen LogP contribution >= 0.6 is 0 Å². The van der Waals surface area contributed by atoms with Crippen LogP contribution in [-0.2, 0) is 9.53 Å². The van der Waals surface area contributed by atoms with Crippen molar-refractivity contribution in [2.75, 3.05) is 11.9 Å². The van der Waals surface area contributed by atoms with Crippen LogP contribution in [0.15, 0.2) is 24.3 Å². The van der Waals surface area contributed by atoms with Crippen molar-refractivity contribution >= 4 is 17.6 Å². The molecule has 0 saturated heterocycles. The molecule has 5 nitrogen and oxygen atoms in total. The monoisotopic (exact) mass is 264 g/mol. The van der Waals surface area contributed by atoms with E-state index in [1.807, 2.05) is 6.92 Å². The molecule has 104 valence electrons. The van der Waals surface area contributed by atoms with Crippen molar-refractivity contribution in [1.82, 2.24) is 0 Å². The van der Waals surface area contributed by atoms with Crippen LogP contribution in [0.1, 0.15) is 37.0 Å². The van der Waals surface area contributed by atoms with Crippen molar-refractivity contribution in [3.8, 4) is 0 Å². The molecule has 1 amide bonds. The second kappa shape index (κ2) is 7.53. The van der Waals surface area contributed by atoms with Gasteiger partial charge in [-0.1, -0.05) is 13.3 Å². The number of amides is 1. The summed E-state index contributed by atoms with van der Waals surface area (Å²) in [6.45, 7) is 4.06.